The molecule has 3 fully saturated rings. The van der Waals surface area contributed by atoms with Crippen LogP contribution in [0.4, 0.5) is 11.5 Å². The molecule has 3 aromatic carbocycles. The summed E-state index contributed by atoms with van der Waals surface area (Å²) in [6.45, 7) is 5.49. The van der Waals surface area contributed by atoms with Crippen LogP contribution in [0.5, 0.6) is 11.5 Å². The number of carbonyl (C=O) groups is 5. The first-order valence-electron chi connectivity index (χ1n) is 18.2. The van der Waals surface area contributed by atoms with Crippen LogP contribution in [0.1, 0.15) is 52.7 Å². The Bertz CT molecular complexity index is 2660. The van der Waals surface area contributed by atoms with Gasteiger partial charge in [-0.1, -0.05) is 41.4 Å². The van der Waals surface area contributed by atoms with Crippen LogP contribution in [0.2, 0.25) is 5.02 Å². The molecule has 2 saturated heterocycles. The zero-order valence-electron chi connectivity index (χ0n) is 30.6. The molecule has 3 N–H and O–H groups in total. The maximum atomic E-state index is 15.1. The second kappa shape index (κ2) is 12.4. The zero-order valence-corrected chi connectivity index (χ0v) is 32.2. The number of aryl methyl sites for hydroxylation is 3. The van der Waals surface area contributed by atoms with Crippen molar-refractivity contribution in [1.29, 1.82) is 0 Å². The van der Waals surface area contributed by atoms with Crippen molar-refractivity contribution in [2.75, 3.05) is 9.80 Å². The molecule has 9 rings (SSSR count). The quantitative estimate of drug-likeness (QED) is 0.124. The highest BCUT2D eigenvalue weighted by molar-refractivity contribution is 7.22. The van der Waals surface area contributed by atoms with Crippen LogP contribution in [0, 0.1) is 42.9 Å². The third kappa shape index (κ3) is 4.83. The number of nitrogens with zero attached hydrogens (tertiary/aromatic N) is 4. The molecule has 1 saturated carbocycles. The molecule has 0 radical (unpaired) electrons. The van der Waals surface area contributed by atoms with Crippen LogP contribution in [-0.2, 0) is 26.2 Å². The molecule has 0 spiro atoms. The highest BCUT2D eigenvalue weighted by Crippen LogP contribution is 2.64. The average Bonchev–Trinajstić information content (AvgIpc) is 3.83. The summed E-state index contributed by atoms with van der Waals surface area (Å²) in [5.74, 6) is -7.79. The fraction of sp³-hybridized carbons (Fsp3) is 0.286. The third-order valence-corrected chi connectivity index (χ3v) is 14.1. The molecule has 4 heterocycles. The topological polar surface area (TPSA) is 170 Å². The lowest BCUT2D eigenvalue weighted by Gasteiger charge is -2.49. The average molecular weight is 791 g/mol. The molecule has 2 aromatic heterocycles. The SMILES string of the molecule is Cc1cccc(C2C3=CCC4C(=O)N(c5ccc(C(=O)O)c(O)c5)C(=O)C4C3CC3C(=O)N(c4cc(-c5sc6ccc(Cl)cc6c5C)nn4C)C(=O)C32C)c1O. The number of rotatable bonds is 5. The Morgan fingerprint density at radius 1 is 0.946 bits per heavy atom. The fourth-order valence-corrected chi connectivity index (χ4v) is 11.1. The highest BCUT2D eigenvalue weighted by atomic mass is 35.5. The van der Waals surface area contributed by atoms with Gasteiger partial charge in [0, 0.05) is 40.4 Å². The number of aromatic nitrogens is 2. The molecule has 14 heteroatoms. The number of fused-ring (bicyclic) bond motifs is 5. The number of hydrogen-bond donors (Lipinski definition) is 3. The standard InChI is InChI=1S/C42H35ClN4O8S/c1-18-6-5-7-25(35(18)49)34-22-11-12-24-33(39(52)46(37(24)50)21-9-10-23(40(53)54)30(48)15-21)27(22)16-28-38(51)47(41(55)42(28,34)3)32-17-29(44-45(32)4)36-19(2)26-14-20(43)8-13-31(26)56-36/h5-11,13-15,17,24,27-28,33-34,48-49H,12,16H2,1-4H3,(H,53,54). The lowest BCUT2D eigenvalue weighted by atomic mass is 9.51. The second-order valence-corrected chi connectivity index (χ2v) is 16.9. The molecule has 6 atom stereocenters. The van der Waals surface area contributed by atoms with Crippen molar-refractivity contribution in [2.24, 2.45) is 36.1 Å². The number of benzene rings is 3. The first-order chi connectivity index (χ1) is 26.6. The summed E-state index contributed by atoms with van der Waals surface area (Å²) in [5, 5.41) is 37.8. The van der Waals surface area contributed by atoms with Crippen LogP contribution < -0.4 is 9.80 Å². The number of imide groups is 2. The van der Waals surface area contributed by atoms with E-state index in [9.17, 15) is 34.5 Å². The number of para-hydroxylation sites is 1. The Morgan fingerprint density at radius 2 is 1.71 bits per heavy atom. The molecule has 284 valence electrons. The van der Waals surface area contributed by atoms with Crippen molar-refractivity contribution in [3.05, 3.63) is 99.6 Å². The van der Waals surface area contributed by atoms with Crippen molar-refractivity contribution >= 4 is 74.1 Å². The summed E-state index contributed by atoms with van der Waals surface area (Å²) in [6.07, 6.45) is 2.14. The number of phenolic OH excluding ortho intramolecular Hbond substituents is 1. The van der Waals surface area contributed by atoms with Crippen molar-refractivity contribution in [1.82, 2.24) is 9.78 Å². The van der Waals surface area contributed by atoms with Crippen molar-refractivity contribution in [3.63, 3.8) is 0 Å². The number of amides is 4. The van der Waals surface area contributed by atoms with E-state index in [0.717, 1.165) is 37.6 Å². The van der Waals surface area contributed by atoms with Crippen molar-refractivity contribution < 1.29 is 39.3 Å². The summed E-state index contributed by atoms with van der Waals surface area (Å²) in [4.78, 5) is 73.0. The Morgan fingerprint density at radius 3 is 2.45 bits per heavy atom. The smallest absolute Gasteiger partial charge is 0.339 e. The van der Waals surface area contributed by atoms with E-state index < -0.39 is 70.4 Å². The van der Waals surface area contributed by atoms with Gasteiger partial charge in [0.1, 0.15) is 28.6 Å². The molecule has 5 aromatic rings. The maximum Gasteiger partial charge on any atom is 0.339 e. The van der Waals surface area contributed by atoms with Gasteiger partial charge in [-0.15, -0.1) is 11.3 Å². The number of phenols is 2. The summed E-state index contributed by atoms with van der Waals surface area (Å²) in [7, 11) is 1.68. The molecule has 6 unspecified atom stereocenters. The number of thiophene rings is 1. The minimum atomic E-state index is -1.39. The largest absolute Gasteiger partial charge is 0.507 e. The number of carboxylic acids is 1. The van der Waals surface area contributed by atoms with Gasteiger partial charge in [0.05, 0.1) is 33.7 Å². The molecule has 4 aliphatic rings. The van der Waals surface area contributed by atoms with Crippen LogP contribution in [0.3, 0.4) is 0 Å². The van der Waals surface area contributed by atoms with Gasteiger partial charge >= 0.3 is 5.97 Å². The molecule has 56 heavy (non-hydrogen) atoms. The van der Waals surface area contributed by atoms with Gasteiger partial charge in [-0.3, -0.25) is 23.9 Å². The summed E-state index contributed by atoms with van der Waals surface area (Å²) >= 11 is 7.84. The first kappa shape index (κ1) is 35.9. The predicted octanol–water partition coefficient (Wildman–Crippen LogP) is 7.12. The van der Waals surface area contributed by atoms with Gasteiger partial charge in [0.15, 0.2) is 0 Å². The molecular weight excluding hydrogens is 756 g/mol. The number of allylic oxidation sites excluding steroid dienone is 2. The summed E-state index contributed by atoms with van der Waals surface area (Å²) in [5.41, 5.74) is 1.55. The van der Waals surface area contributed by atoms with E-state index in [-0.39, 0.29) is 35.7 Å². The van der Waals surface area contributed by atoms with Gasteiger partial charge in [-0.05, 0) is 86.4 Å². The number of hydrogen-bond acceptors (Lipinski definition) is 9. The Hall–Kier alpha value is -5.79. The monoisotopic (exact) mass is 790 g/mol. The van der Waals surface area contributed by atoms with Gasteiger partial charge in [-0.25, -0.2) is 14.6 Å². The zero-order chi connectivity index (χ0) is 39.7. The lowest BCUT2D eigenvalue weighted by molar-refractivity contribution is -0.131. The summed E-state index contributed by atoms with van der Waals surface area (Å²) < 4.78 is 2.54. The third-order valence-electron chi connectivity index (χ3n) is 12.5. The van der Waals surface area contributed by atoms with E-state index in [1.54, 1.807) is 45.2 Å². The van der Waals surface area contributed by atoms with Gasteiger partial charge in [0.25, 0.3) is 0 Å². The van der Waals surface area contributed by atoms with Gasteiger partial charge < -0.3 is 15.3 Å². The molecule has 2 aliphatic carbocycles. The Labute approximate surface area is 329 Å². The molecule has 12 nitrogen and oxygen atoms in total. The Kier molecular flexibility index (Phi) is 7.92. The predicted molar refractivity (Wildman–Crippen MR) is 209 cm³/mol. The van der Waals surface area contributed by atoms with E-state index in [0.29, 0.717) is 27.4 Å². The van der Waals surface area contributed by atoms with Crippen LogP contribution in [0.25, 0.3) is 20.7 Å². The van der Waals surface area contributed by atoms with Crippen molar-refractivity contribution in [2.45, 2.75) is 39.5 Å². The fourth-order valence-electron chi connectivity index (χ4n) is 9.80. The van der Waals surface area contributed by atoms with Crippen molar-refractivity contribution in [3.8, 4) is 22.1 Å². The van der Waals surface area contributed by atoms with Gasteiger partial charge in [-0.2, -0.15) is 5.10 Å². The second-order valence-electron chi connectivity index (χ2n) is 15.4. The molecule has 2 aliphatic heterocycles. The first-order valence-corrected chi connectivity index (χ1v) is 19.4. The van der Waals surface area contributed by atoms with Crippen LogP contribution >= 0.6 is 22.9 Å². The number of carbonyl (C=O) groups excluding carboxylic acids is 4. The van der Waals surface area contributed by atoms with E-state index in [2.05, 4.69) is 0 Å². The van der Waals surface area contributed by atoms with Crippen LogP contribution in [-0.4, -0.2) is 54.7 Å². The summed E-state index contributed by atoms with van der Waals surface area (Å²) in [6, 6.07) is 16.2. The number of anilines is 2. The van der Waals surface area contributed by atoms with E-state index >= 15 is 4.79 Å². The minimum Gasteiger partial charge on any atom is -0.507 e. The number of carboxylic acid groups (broad SMARTS) is 1. The van der Waals surface area contributed by atoms with E-state index in [1.165, 1.54) is 27.0 Å². The van der Waals surface area contributed by atoms with E-state index in [1.807, 2.05) is 31.2 Å². The number of aromatic carboxylic acids is 1. The highest BCUT2D eigenvalue weighted by Gasteiger charge is 2.68. The van der Waals surface area contributed by atoms with Crippen LogP contribution in [0.15, 0.2) is 72.3 Å². The normalized spacial score (nSPS) is 25.8. The number of aromatic hydroxyl groups is 2. The van der Waals surface area contributed by atoms with E-state index in [4.69, 9.17) is 16.7 Å². The number of halogens is 1. The molecular formula is C42H35ClN4O8S. The minimum absolute atomic E-state index is 0.0209. The molecule has 4 amide bonds. The lowest BCUT2D eigenvalue weighted by Crippen LogP contribution is -2.49. The van der Waals surface area contributed by atoms with Gasteiger partial charge in [0.2, 0.25) is 23.6 Å². The maximum absolute atomic E-state index is 15.1. The molecule has 0 bridgehead atoms. The Balaban J connectivity index is 1.15.